The van der Waals surface area contributed by atoms with Crippen molar-refractivity contribution in [3.8, 4) is 5.69 Å². The van der Waals surface area contributed by atoms with Crippen LogP contribution in [0.2, 0.25) is 0 Å². The molecule has 122 valence electrons. The van der Waals surface area contributed by atoms with E-state index < -0.39 is 11.8 Å². The molecule has 24 heavy (non-hydrogen) atoms. The number of hydrogen-bond donors (Lipinski definition) is 2. The standard InChI is InChI=1S/C17H16N4O3/c1-11-15(12(2)21(20-11)13-7-4-3-5-8-13)17(23)19-18-16(22)14-9-6-10-24-14/h3-10H,1-2H3,(H,18,22)(H,19,23). The minimum atomic E-state index is -0.529. The molecule has 0 bridgehead atoms. The Bertz CT molecular complexity index is 867. The summed E-state index contributed by atoms with van der Waals surface area (Å²) in [5, 5.41) is 4.40. The number of nitrogens with one attached hydrogen (secondary N) is 2. The van der Waals surface area contributed by atoms with Gasteiger partial charge in [0.05, 0.1) is 28.9 Å². The van der Waals surface area contributed by atoms with Gasteiger partial charge >= 0.3 is 5.91 Å². The van der Waals surface area contributed by atoms with Crippen LogP contribution in [0.1, 0.15) is 32.3 Å². The van der Waals surface area contributed by atoms with E-state index >= 15 is 0 Å². The summed E-state index contributed by atoms with van der Waals surface area (Å²) >= 11 is 0. The maximum atomic E-state index is 12.4. The Hall–Kier alpha value is -3.35. The monoisotopic (exact) mass is 324 g/mol. The third kappa shape index (κ3) is 2.91. The fourth-order valence-corrected chi connectivity index (χ4v) is 2.44. The quantitative estimate of drug-likeness (QED) is 0.723. The van der Waals surface area contributed by atoms with Gasteiger partial charge in [0.15, 0.2) is 5.76 Å². The number of nitrogens with zero attached hydrogens (tertiary/aromatic N) is 2. The van der Waals surface area contributed by atoms with Gasteiger partial charge in [-0.05, 0) is 38.1 Å². The van der Waals surface area contributed by atoms with Crippen LogP contribution in [0.15, 0.2) is 53.1 Å². The number of carbonyl (C=O) groups excluding carboxylic acids is 2. The maximum Gasteiger partial charge on any atom is 0.305 e. The van der Waals surface area contributed by atoms with Crippen LogP contribution in [0.5, 0.6) is 0 Å². The van der Waals surface area contributed by atoms with Crippen molar-refractivity contribution in [1.82, 2.24) is 20.6 Å². The molecule has 0 atom stereocenters. The van der Waals surface area contributed by atoms with Crippen molar-refractivity contribution < 1.29 is 14.0 Å². The fourth-order valence-electron chi connectivity index (χ4n) is 2.44. The topological polar surface area (TPSA) is 89.2 Å². The molecule has 0 saturated carbocycles. The summed E-state index contributed by atoms with van der Waals surface area (Å²) in [6.45, 7) is 3.55. The zero-order valence-corrected chi connectivity index (χ0v) is 13.2. The van der Waals surface area contributed by atoms with Crippen LogP contribution in [0.25, 0.3) is 5.69 Å². The summed E-state index contributed by atoms with van der Waals surface area (Å²) in [5.74, 6) is -0.852. The Balaban J connectivity index is 1.78. The van der Waals surface area contributed by atoms with Crippen LogP contribution in [0.4, 0.5) is 0 Å². The van der Waals surface area contributed by atoms with Crippen molar-refractivity contribution >= 4 is 11.8 Å². The molecule has 0 radical (unpaired) electrons. The second-order valence-corrected chi connectivity index (χ2v) is 5.18. The van der Waals surface area contributed by atoms with Crippen molar-refractivity contribution in [3.05, 3.63) is 71.4 Å². The molecule has 0 saturated heterocycles. The minimum absolute atomic E-state index is 0.115. The van der Waals surface area contributed by atoms with Gasteiger partial charge in [-0.15, -0.1) is 0 Å². The first kappa shape index (κ1) is 15.5. The zero-order chi connectivity index (χ0) is 17.1. The predicted octanol–water partition coefficient (Wildman–Crippen LogP) is 2.16. The Morgan fingerprint density at radius 3 is 2.38 bits per heavy atom. The molecule has 0 aliphatic heterocycles. The summed E-state index contributed by atoms with van der Waals surface area (Å²) in [6, 6.07) is 12.6. The first-order valence-corrected chi connectivity index (χ1v) is 7.33. The zero-order valence-electron chi connectivity index (χ0n) is 13.2. The number of aromatic nitrogens is 2. The Labute approximate surface area is 138 Å². The largest absolute Gasteiger partial charge is 0.459 e. The highest BCUT2D eigenvalue weighted by molar-refractivity contribution is 5.99. The van der Waals surface area contributed by atoms with Crippen LogP contribution in [-0.4, -0.2) is 21.6 Å². The van der Waals surface area contributed by atoms with Crippen molar-refractivity contribution in [2.24, 2.45) is 0 Å². The number of hydrazine groups is 1. The molecule has 0 fully saturated rings. The van der Waals surface area contributed by atoms with E-state index in [0.717, 1.165) is 5.69 Å². The first-order valence-electron chi connectivity index (χ1n) is 7.33. The number of benzene rings is 1. The van der Waals surface area contributed by atoms with E-state index in [4.69, 9.17) is 4.42 Å². The van der Waals surface area contributed by atoms with Crippen molar-refractivity contribution in [2.75, 3.05) is 0 Å². The van der Waals surface area contributed by atoms with Gasteiger partial charge in [-0.3, -0.25) is 20.4 Å². The molecule has 7 nitrogen and oxygen atoms in total. The van der Waals surface area contributed by atoms with E-state index in [2.05, 4.69) is 16.0 Å². The lowest BCUT2D eigenvalue weighted by atomic mass is 10.2. The van der Waals surface area contributed by atoms with E-state index in [1.807, 2.05) is 30.3 Å². The van der Waals surface area contributed by atoms with Crippen molar-refractivity contribution in [2.45, 2.75) is 13.8 Å². The van der Waals surface area contributed by atoms with E-state index in [0.29, 0.717) is 17.0 Å². The minimum Gasteiger partial charge on any atom is -0.459 e. The van der Waals surface area contributed by atoms with Gasteiger partial charge < -0.3 is 4.42 Å². The lowest BCUT2D eigenvalue weighted by molar-refractivity contribution is 0.0830. The van der Waals surface area contributed by atoms with Gasteiger partial charge in [0, 0.05) is 0 Å². The molecule has 2 amide bonds. The normalized spacial score (nSPS) is 10.4. The highest BCUT2D eigenvalue weighted by atomic mass is 16.3. The molecule has 0 unspecified atom stereocenters. The third-order valence-corrected chi connectivity index (χ3v) is 3.55. The van der Waals surface area contributed by atoms with Gasteiger partial charge in [0.2, 0.25) is 0 Å². The number of rotatable bonds is 3. The summed E-state index contributed by atoms with van der Waals surface area (Å²) in [5.41, 5.74) is 7.23. The molecule has 0 spiro atoms. The highest BCUT2D eigenvalue weighted by Crippen LogP contribution is 2.17. The van der Waals surface area contributed by atoms with E-state index in [1.54, 1.807) is 24.6 Å². The molecule has 3 rings (SSSR count). The number of carbonyl (C=O) groups is 2. The fraction of sp³-hybridized carbons (Fsp3) is 0.118. The number of para-hydroxylation sites is 1. The van der Waals surface area contributed by atoms with Gasteiger partial charge in [-0.25, -0.2) is 4.68 Å². The van der Waals surface area contributed by atoms with Crippen molar-refractivity contribution in [3.63, 3.8) is 0 Å². The molecule has 7 heteroatoms. The number of hydrogen-bond acceptors (Lipinski definition) is 4. The second kappa shape index (κ2) is 6.41. The van der Waals surface area contributed by atoms with Crippen LogP contribution >= 0.6 is 0 Å². The van der Waals surface area contributed by atoms with Crippen LogP contribution in [0, 0.1) is 13.8 Å². The smallest absolute Gasteiger partial charge is 0.305 e. The predicted molar refractivity (Wildman–Crippen MR) is 86.7 cm³/mol. The number of furan rings is 1. The van der Waals surface area contributed by atoms with Gasteiger partial charge in [-0.1, -0.05) is 18.2 Å². The van der Waals surface area contributed by atoms with Gasteiger partial charge in [0.25, 0.3) is 5.91 Å². The molecule has 0 aliphatic rings. The number of aryl methyl sites for hydroxylation is 1. The maximum absolute atomic E-state index is 12.4. The summed E-state index contributed by atoms with van der Waals surface area (Å²) in [7, 11) is 0. The van der Waals surface area contributed by atoms with Crippen LogP contribution in [-0.2, 0) is 0 Å². The Kier molecular flexibility index (Phi) is 4.15. The molecule has 2 heterocycles. The molecule has 0 aliphatic carbocycles. The third-order valence-electron chi connectivity index (χ3n) is 3.55. The summed E-state index contributed by atoms with van der Waals surface area (Å²) < 4.78 is 6.66. The molecule has 1 aromatic carbocycles. The summed E-state index contributed by atoms with van der Waals surface area (Å²) in [4.78, 5) is 24.2. The van der Waals surface area contributed by atoms with Crippen molar-refractivity contribution in [1.29, 1.82) is 0 Å². The van der Waals surface area contributed by atoms with Gasteiger partial charge in [0.1, 0.15) is 0 Å². The molecular formula is C17H16N4O3. The molecule has 3 aromatic rings. The van der Waals surface area contributed by atoms with Gasteiger partial charge in [-0.2, -0.15) is 5.10 Å². The second-order valence-electron chi connectivity index (χ2n) is 5.18. The van der Waals surface area contributed by atoms with E-state index in [1.165, 1.54) is 12.3 Å². The summed E-state index contributed by atoms with van der Waals surface area (Å²) in [6.07, 6.45) is 1.38. The average molecular weight is 324 g/mol. The Morgan fingerprint density at radius 1 is 1.00 bits per heavy atom. The first-order chi connectivity index (χ1) is 11.6. The number of amides is 2. The average Bonchev–Trinajstić information content (AvgIpc) is 3.22. The highest BCUT2D eigenvalue weighted by Gasteiger charge is 2.20. The molecular weight excluding hydrogens is 308 g/mol. The molecule has 2 N–H and O–H groups in total. The van der Waals surface area contributed by atoms with Crippen LogP contribution < -0.4 is 10.9 Å². The Morgan fingerprint density at radius 2 is 1.71 bits per heavy atom. The van der Waals surface area contributed by atoms with Crippen LogP contribution in [0.3, 0.4) is 0 Å². The molecule has 2 aromatic heterocycles. The SMILES string of the molecule is Cc1nn(-c2ccccc2)c(C)c1C(=O)NNC(=O)c1ccco1. The lowest BCUT2D eigenvalue weighted by Gasteiger charge is -2.07. The van der Waals surface area contributed by atoms with E-state index in [9.17, 15) is 9.59 Å². The van der Waals surface area contributed by atoms with E-state index in [-0.39, 0.29) is 5.76 Å². The lowest BCUT2D eigenvalue weighted by Crippen LogP contribution is -2.41.